The summed E-state index contributed by atoms with van der Waals surface area (Å²) in [6.45, 7) is 2.26. The first kappa shape index (κ1) is 21.9. The van der Waals surface area contributed by atoms with Crippen LogP contribution in [0.25, 0.3) is 10.1 Å². The van der Waals surface area contributed by atoms with Crippen molar-refractivity contribution in [2.24, 2.45) is 0 Å². The fraction of sp³-hybridized carbons (Fsp3) is 0.125. The summed E-state index contributed by atoms with van der Waals surface area (Å²) in [6.07, 6.45) is 0. The first-order valence-electron chi connectivity index (χ1n) is 9.88. The third-order valence-electron chi connectivity index (χ3n) is 5.02. The molecule has 0 radical (unpaired) electrons. The molecule has 0 atom stereocenters. The van der Waals surface area contributed by atoms with Crippen LogP contribution in [-0.2, 0) is 16.6 Å². The average Bonchev–Trinajstić information content (AvgIpc) is 3.21. The molecular weight excluding hydrogens is 444 g/mol. The van der Waals surface area contributed by atoms with E-state index in [9.17, 15) is 13.2 Å². The van der Waals surface area contributed by atoms with Crippen molar-refractivity contribution < 1.29 is 17.9 Å². The summed E-state index contributed by atoms with van der Waals surface area (Å²) in [5.41, 5.74) is 2.69. The molecule has 0 saturated carbocycles. The zero-order valence-corrected chi connectivity index (χ0v) is 19.2. The van der Waals surface area contributed by atoms with Crippen LogP contribution in [0.4, 0.5) is 5.69 Å². The minimum Gasteiger partial charge on any atom is -0.495 e. The van der Waals surface area contributed by atoms with Gasteiger partial charge in [0.05, 0.1) is 7.11 Å². The standard InChI is InChI=1S/C24H22N2O4S2/c1-16-7-10-19(11-8-16)26-32(28,29)23-13-17(9-12-21(23)30-2)24(27)25-14-18-15-31-22-6-4-3-5-20(18)22/h3-13,15,26H,14H2,1-2H3,(H,25,27). The van der Waals surface area contributed by atoms with Crippen molar-refractivity contribution in [2.75, 3.05) is 11.8 Å². The smallest absolute Gasteiger partial charge is 0.265 e. The molecule has 0 unspecified atom stereocenters. The van der Waals surface area contributed by atoms with Crippen LogP contribution in [0.2, 0.25) is 0 Å². The number of ether oxygens (including phenoxy) is 1. The number of fused-ring (bicyclic) bond motifs is 1. The molecule has 0 aliphatic carbocycles. The first-order chi connectivity index (χ1) is 15.4. The van der Waals surface area contributed by atoms with E-state index in [1.54, 1.807) is 29.5 Å². The largest absolute Gasteiger partial charge is 0.495 e. The second-order valence-corrected chi connectivity index (χ2v) is 9.84. The number of amides is 1. The molecule has 4 aromatic rings. The monoisotopic (exact) mass is 466 g/mol. The van der Waals surface area contributed by atoms with Gasteiger partial charge in [-0.2, -0.15) is 0 Å². The summed E-state index contributed by atoms with van der Waals surface area (Å²) in [6, 6.07) is 19.3. The lowest BCUT2D eigenvalue weighted by Gasteiger charge is -2.13. The number of hydrogen-bond donors (Lipinski definition) is 2. The molecule has 1 amide bonds. The third-order valence-corrected chi connectivity index (χ3v) is 7.43. The van der Waals surface area contributed by atoms with Crippen LogP contribution >= 0.6 is 11.3 Å². The van der Waals surface area contributed by atoms with Gasteiger partial charge in [0.15, 0.2) is 0 Å². The lowest BCUT2D eigenvalue weighted by Crippen LogP contribution is -2.23. The van der Waals surface area contributed by atoms with Gasteiger partial charge in [-0.25, -0.2) is 8.42 Å². The van der Waals surface area contributed by atoms with Gasteiger partial charge in [0, 0.05) is 22.5 Å². The van der Waals surface area contributed by atoms with Crippen molar-refractivity contribution in [1.29, 1.82) is 0 Å². The Bertz CT molecular complexity index is 1380. The predicted octanol–water partition coefficient (Wildman–Crippen LogP) is 4.95. The van der Waals surface area contributed by atoms with Gasteiger partial charge < -0.3 is 10.1 Å². The minimum atomic E-state index is -3.97. The Morgan fingerprint density at radius 3 is 2.53 bits per heavy atom. The zero-order chi connectivity index (χ0) is 22.7. The Morgan fingerprint density at radius 1 is 1.03 bits per heavy atom. The zero-order valence-electron chi connectivity index (χ0n) is 17.6. The highest BCUT2D eigenvalue weighted by Crippen LogP contribution is 2.28. The van der Waals surface area contributed by atoms with E-state index >= 15 is 0 Å². The van der Waals surface area contributed by atoms with E-state index < -0.39 is 10.0 Å². The molecule has 0 saturated heterocycles. The molecule has 8 heteroatoms. The molecule has 0 bridgehead atoms. The van der Waals surface area contributed by atoms with Gasteiger partial charge in [0.25, 0.3) is 15.9 Å². The van der Waals surface area contributed by atoms with Gasteiger partial charge in [0.2, 0.25) is 0 Å². The summed E-state index contributed by atoms with van der Waals surface area (Å²) in [4.78, 5) is 12.7. The lowest BCUT2D eigenvalue weighted by molar-refractivity contribution is 0.0951. The number of hydrogen-bond acceptors (Lipinski definition) is 5. The molecule has 3 aromatic carbocycles. The topological polar surface area (TPSA) is 84.5 Å². The molecule has 0 spiro atoms. The highest BCUT2D eigenvalue weighted by Gasteiger charge is 2.22. The van der Waals surface area contributed by atoms with Crippen LogP contribution in [0, 0.1) is 6.92 Å². The molecular formula is C24H22N2O4S2. The number of benzene rings is 3. The van der Waals surface area contributed by atoms with E-state index in [0.29, 0.717) is 12.2 Å². The van der Waals surface area contributed by atoms with Crippen molar-refractivity contribution in [3.8, 4) is 5.75 Å². The van der Waals surface area contributed by atoms with Crippen molar-refractivity contribution in [2.45, 2.75) is 18.4 Å². The Labute approximate surface area is 190 Å². The molecule has 0 aliphatic rings. The Morgan fingerprint density at radius 2 is 1.78 bits per heavy atom. The fourth-order valence-electron chi connectivity index (χ4n) is 3.31. The van der Waals surface area contributed by atoms with Gasteiger partial charge in [-0.05, 0) is 59.7 Å². The molecule has 32 heavy (non-hydrogen) atoms. The normalized spacial score (nSPS) is 11.3. The van der Waals surface area contributed by atoms with E-state index in [1.807, 2.05) is 48.7 Å². The number of carbonyl (C=O) groups excluding carboxylic acids is 1. The molecule has 2 N–H and O–H groups in total. The number of anilines is 1. The van der Waals surface area contributed by atoms with Crippen molar-refractivity contribution >= 4 is 43.0 Å². The van der Waals surface area contributed by atoms with Gasteiger partial charge in [-0.1, -0.05) is 35.9 Å². The number of rotatable bonds is 7. The van der Waals surface area contributed by atoms with Crippen molar-refractivity contribution in [1.82, 2.24) is 5.32 Å². The van der Waals surface area contributed by atoms with Gasteiger partial charge in [0.1, 0.15) is 10.6 Å². The average molecular weight is 467 g/mol. The maximum atomic E-state index is 13.0. The van der Waals surface area contributed by atoms with Crippen LogP contribution < -0.4 is 14.8 Å². The first-order valence-corrected chi connectivity index (χ1v) is 12.2. The number of carbonyl (C=O) groups is 1. The van der Waals surface area contributed by atoms with Gasteiger partial charge >= 0.3 is 0 Å². The van der Waals surface area contributed by atoms with Crippen LogP contribution in [-0.4, -0.2) is 21.4 Å². The summed E-state index contributed by atoms with van der Waals surface area (Å²) >= 11 is 1.62. The lowest BCUT2D eigenvalue weighted by atomic mass is 10.1. The number of nitrogens with one attached hydrogen (secondary N) is 2. The van der Waals surface area contributed by atoms with E-state index in [2.05, 4.69) is 10.0 Å². The highest BCUT2D eigenvalue weighted by molar-refractivity contribution is 7.92. The highest BCUT2D eigenvalue weighted by atomic mass is 32.2. The molecule has 4 rings (SSSR count). The van der Waals surface area contributed by atoms with Crippen molar-refractivity contribution in [3.63, 3.8) is 0 Å². The molecule has 1 aromatic heterocycles. The molecule has 0 fully saturated rings. The number of aryl methyl sites for hydroxylation is 1. The Hall–Kier alpha value is -3.36. The SMILES string of the molecule is COc1ccc(C(=O)NCc2csc3ccccc23)cc1S(=O)(=O)Nc1ccc(C)cc1. The third kappa shape index (κ3) is 4.61. The quantitative estimate of drug-likeness (QED) is 0.404. The van der Waals surface area contributed by atoms with Crippen LogP contribution in [0.5, 0.6) is 5.75 Å². The summed E-state index contributed by atoms with van der Waals surface area (Å²) in [7, 11) is -2.57. The summed E-state index contributed by atoms with van der Waals surface area (Å²) in [5, 5.41) is 5.99. The van der Waals surface area contributed by atoms with E-state index in [4.69, 9.17) is 4.74 Å². The van der Waals surface area contributed by atoms with E-state index in [1.165, 1.54) is 19.2 Å². The Kier molecular flexibility index (Phi) is 6.16. The van der Waals surface area contributed by atoms with E-state index in [-0.39, 0.29) is 22.1 Å². The maximum Gasteiger partial charge on any atom is 0.265 e. The number of sulfonamides is 1. The van der Waals surface area contributed by atoms with Crippen LogP contribution in [0.15, 0.2) is 77.0 Å². The second-order valence-electron chi connectivity index (χ2n) is 7.28. The van der Waals surface area contributed by atoms with Crippen LogP contribution in [0.3, 0.4) is 0 Å². The predicted molar refractivity (Wildman–Crippen MR) is 128 cm³/mol. The molecule has 164 valence electrons. The molecule has 1 heterocycles. The molecule has 0 aliphatic heterocycles. The van der Waals surface area contributed by atoms with Gasteiger partial charge in [-0.15, -0.1) is 11.3 Å². The van der Waals surface area contributed by atoms with Gasteiger partial charge in [-0.3, -0.25) is 9.52 Å². The maximum absolute atomic E-state index is 13.0. The molecule has 6 nitrogen and oxygen atoms in total. The number of methoxy groups -OCH3 is 1. The summed E-state index contributed by atoms with van der Waals surface area (Å²) in [5.74, 6) is -0.209. The fourth-order valence-corrected chi connectivity index (χ4v) is 5.52. The second kappa shape index (κ2) is 9.02. The van der Waals surface area contributed by atoms with Crippen LogP contribution in [0.1, 0.15) is 21.5 Å². The Balaban J connectivity index is 1.56. The number of thiophene rings is 1. The van der Waals surface area contributed by atoms with Crippen molar-refractivity contribution in [3.05, 3.63) is 88.8 Å². The minimum absolute atomic E-state index is 0.103. The van der Waals surface area contributed by atoms with E-state index in [0.717, 1.165) is 21.2 Å². The summed E-state index contributed by atoms with van der Waals surface area (Å²) < 4.78 is 35.0.